The Hall–Kier alpha value is -2.83. The van der Waals surface area contributed by atoms with E-state index in [0.717, 1.165) is 18.4 Å². The van der Waals surface area contributed by atoms with Crippen molar-refractivity contribution in [2.24, 2.45) is 17.8 Å². The molecule has 33 heavy (non-hydrogen) atoms. The zero-order valence-electron chi connectivity index (χ0n) is 20.1. The van der Waals surface area contributed by atoms with E-state index in [-0.39, 0.29) is 42.0 Å². The Morgan fingerprint density at radius 3 is 2.36 bits per heavy atom. The van der Waals surface area contributed by atoms with Crippen molar-refractivity contribution in [2.45, 2.75) is 65.5 Å². The maximum atomic E-state index is 13.2. The van der Waals surface area contributed by atoms with Gasteiger partial charge in [-0.3, -0.25) is 19.3 Å². The molecular formula is C26H36N2O5. The molecule has 7 nitrogen and oxygen atoms in total. The lowest BCUT2D eigenvalue weighted by molar-refractivity contribution is -0.148. The highest BCUT2D eigenvalue weighted by Gasteiger charge is 2.51. The van der Waals surface area contributed by atoms with Gasteiger partial charge in [-0.25, -0.2) is 0 Å². The number of methoxy groups -OCH3 is 1. The minimum atomic E-state index is -0.797. The van der Waals surface area contributed by atoms with Gasteiger partial charge in [0.05, 0.1) is 25.6 Å². The number of rotatable bonds is 11. The summed E-state index contributed by atoms with van der Waals surface area (Å²) in [4.78, 5) is 40.5. The van der Waals surface area contributed by atoms with Crippen molar-refractivity contribution < 1.29 is 23.9 Å². The predicted molar refractivity (Wildman–Crippen MR) is 126 cm³/mol. The summed E-state index contributed by atoms with van der Waals surface area (Å²) in [6, 6.07) is 4.76. The van der Waals surface area contributed by atoms with Crippen LogP contribution in [0.25, 0.3) is 0 Å². The van der Waals surface area contributed by atoms with Gasteiger partial charge in [0.1, 0.15) is 6.04 Å². The molecule has 1 N–H and O–H groups in total. The maximum Gasteiger partial charge on any atom is 0.243 e. The number of amides is 3. The lowest BCUT2D eigenvalue weighted by atomic mass is 9.85. The highest BCUT2D eigenvalue weighted by Crippen LogP contribution is 2.37. The Labute approximate surface area is 196 Å². The molecule has 2 aliphatic rings. The van der Waals surface area contributed by atoms with E-state index < -0.39 is 6.04 Å². The quantitative estimate of drug-likeness (QED) is 0.311. The summed E-state index contributed by atoms with van der Waals surface area (Å²) in [6.07, 6.45) is 7.48. The first kappa shape index (κ1) is 24.8. The zero-order chi connectivity index (χ0) is 24.0. The van der Waals surface area contributed by atoms with Crippen molar-refractivity contribution in [3.8, 4) is 11.5 Å². The number of benzene rings is 1. The van der Waals surface area contributed by atoms with Crippen LogP contribution in [0.3, 0.4) is 0 Å². The molecule has 3 unspecified atom stereocenters. The first-order valence-electron chi connectivity index (χ1n) is 12.0. The Morgan fingerprint density at radius 2 is 1.79 bits per heavy atom. The fourth-order valence-electron chi connectivity index (χ4n) is 4.48. The monoisotopic (exact) mass is 456 g/mol. The van der Waals surface area contributed by atoms with Gasteiger partial charge in [0.15, 0.2) is 11.5 Å². The predicted octanol–water partition coefficient (Wildman–Crippen LogP) is 3.86. The summed E-state index contributed by atoms with van der Waals surface area (Å²) >= 11 is 0. The molecular weight excluding hydrogens is 420 g/mol. The maximum absolute atomic E-state index is 13.2. The third kappa shape index (κ3) is 5.75. The summed E-state index contributed by atoms with van der Waals surface area (Å²) in [5.41, 5.74) is 0.850. The molecule has 1 fully saturated rings. The second kappa shape index (κ2) is 11.3. The Morgan fingerprint density at radius 1 is 1.12 bits per heavy atom. The van der Waals surface area contributed by atoms with Gasteiger partial charge in [-0.15, -0.1) is 0 Å². The smallest absolute Gasteiger partial charge is 0.243 e. The third-order valence-corrected chi connectivity index (χ3v) is 6.30. The molecule has 3 atom stereocenters. The van der Waals surface area contributed by atoms with Gasteiger partial charge >= 0.3 is 0 Å². The topological polar surface area (TPSA) is 84.9 Å². The number of hydrogen-bond acceptors (Lipinski definition) is 5. The van der Waals surface area contributed by atoms with Crippen LogP contribution in [-0.4, -0.2) is 42.4 Å². The van der Waals surface area contributed by atoms with Crippen LogP contribution in [-0.2, 0) is 20.9 Å². The highest BCUT2D eigenvalue weighted by molar-refractivity contribution is 6.08. The van der Waals surface area contributed by atoms with Gasteiger partial charge in [0.2, 0.25) is 17.7 Å². The molecule has 1 saturated heterocycles. The van der Waals surface area contributed by atoms with E-state index in [1.807, 2.05) is 44.2 Å². The molecule has 180 valence electrons. The fraction of sp³-hybridized carbons (Fsp3) is 0.577. The number of hydrogen-bond donors (Lipinski definition) is 1. The van der Waals surface area contributed by atoms with Crippen molar-refractivity contribution in [1.29, 1.82) is 0 Å². The number of carbonyl (C=O) groups excluding carboxylic acids is 3. The Kier molecular flexibility index (Phi) is 8.53. The van der Waals surface area contributed by atoms with Gasteiger partial charge < -0.3 is 14.8 Å². The van der Waals surface area contributed by atoms with Gasteiger partial charge in [0.25, 0.3) is 0 Å². The van der Waals surface area contributed by atoms with E-state index in [1.54, 1.807) is 7.11 Å². The number of imide groups is 1. The van der Waals surface area contributed by atoms with Crippen LogP contribution >= 0.6 is 0 Å². The van der Waals surface area contributed by atoms with Crippen LogP contribution in [0.4, 0.5) is 0 Å². The number of nitrogens with one attached hydrogen (secondary N) is 1. The highest BCUT2D eigenvalue weighted by atomic mass is 16.5. The van der Waals surface area contributed by atoms with Crippen molar-refractivity contribution in [1.82, 2.24) is 10.2 Å². The summed E-state index contributed by atoms with van der Waals surface area (Å²) in [7, 11) is 1.59. The minimum absolute atomic E-state index is 0.154. The molecule has 3 rings (SSSR count). The van der Waals surface area contributed by atoms with E-state index in [1.165, 1.54) is 4.90 Å². The molecule has 1 aromatic carbocycles. The van der Waals surface area contributed by atoms with Gasteiger partial charge in [-0.1, -0.05) is 45.4 Å². The Bertz CT molecular complexity index is 869. The molecule has 1 aliphatic carbocycles. The molecule has 0 spiro atoms. The second-order valence-electron chi connectivity index (χ2n) is 9.25. The average molecular weight is 457 g/mol. The molecule has 0 aromatic heterocycles. The van der Waals surface area contributed by atoms with E-state index >= 15 is 0 Å². The Balaban J connectivity index is 1.70. The summed E-state index contributed by atoms with van der Waals surface area (Å²) in [5.74, 6) is 0.0157. The van der Waals surface area contributed by atoms with Crippen molar-refractivity contribution in [2.75, 3.05) is 13.7 Å². The van der Waals surface area contributed by atoms with Crippen molar-refractivity contribution in [3.05, 3.63) is 35.9 Å². The van der Waals surface area contributed by atoms with E-state index in [4.69, 9.17) is 9.47 Å². The first-order valence-corrected chi connectivity index (χ1v) is 12.0. The number of carbonyl (C=O) groups is 3. The summed E-state index contributed by atoms with van der Waals surface area (Å²) < 4.78 is 11.2. The van der Waals surface area contributed by atoms with E-state index in [0.29, 0.717) is 37.4 Å². The SMILES string of the molecule is CCCCOc1ccc(CNC(=O)C(CC(C)C)N2C(=O)C3CC=CCC3C2=O)cc1OC. The molecule has 1 heterocycles. The lowest BCUT2D eigenvalue weighted by Crippen LogP contribution is -2.50. The number of unbranched alkanes of at least 4 members (excludes halogenated alkanes) is 1. The van der Waals surface area contributed by atoms with Gasteiger partial charge in [-0.2, -0.15) is 0 Å². The zero-order valence-corrected chi connectivity index (χ0v) is 20.1. The molecule has 1 aliphatic heterocycles. The molecule has 3 amide bonds. The first-order chi connectivity index (χ1) is 15.9. The van der Waals surface area contributed by atoms with Crippen LogP contribution in [0.2, 0.25) is 0 Å². The minimum Gasteiger partial charge on any atom is -0.493 e. The van der Waals surface area contributed by atoms with Crippen LogP contribution in [0, 0.1) is 17.8 Å². The van der Waals surface area contributed by atoms with Crippen molar-refractivity contribution in [3.63, 3.8) is 0 Å². The van der Waals surface area contributed by atoms with Gasteiger partial charge in [0, 0.05) is 6.54 Å². The molecule has 7 heteroatoms. The fourth-order valence-corrected chi connectivity index (χ4v) is 4.48. The molecule has 0 bridgehead atoms. The molecule has 0 radical (unpaired) electrons. The van der Waals surface area contributed by atoms with Gasteiger partial charge in [-0.05, 0) is 49.3 Å². The lowest BCUT2D eigenvalue weighted by Gasteiger charge is -2.27. The number of allylic oxidation sites excluding steroid dienone is 2. The van der Waals surface area contributed by atoms with Crippen molar-refractivity contribution >= 4 is 17.7 Å². The largest absolute Gasteiger partial charge is 0.493 e. The van der Waals surface area contributed by atoms with Crippen LogP contribution < -0.4 is 14.8 Å². The standard InChI is InChI=1S/C26H36N2O5/c1-5-6-13-33-22-12-11-18(15-23(22)32-4)16-27-24(29)21(14-17(2)3)28-25(30)19-9-7-8-10-20(19)26(28)31/h7-8,11-12,15,17,19-21H,5-6,9-10,13-14,16H2,1-4H3,(H,27,29). The normalized spacial score (nSPS) is 20.7. The molecule has 0 saturated carbocycles. The summed E-state index contributed by atoms with van der Waals surface area (Å²) in [5, 5.41) is 2.93. The van der Waals surface area contributed by atoms with Crippen LogP contribution in [0.1, 0.15) is 58.4 Å². The van der Waals surface area contributed by atoms with Crippen LogP contribution in [0.5, 0.6) is 11.5 Å². The summed E-state index contributed by atoms with van der Waals surface area (Å²) in [6.45, 7) is 6.97. The van der Waals surface area contributed by atoms with E-state index in [2.05, 4.69) is 12.2 Å². The third-order valence-electron chi connectivity index (χ3n) is 6.30. The number of fused-ring (bicyclic) bond motifs is 1. The average Bonchev–Trinajstić information content (AvgIpc) is 3.06. The number of ether oxygens (including phenoxy) is 2. The molecule has 1 aromatic rings. The number of likely N-dealkylation sites (tertiary alicyclic amines) is 1. The number of nitrogens with zero attached hydrogens (tertiary/aromatic N) is 1. The van der Waals surface area contributed by atoms with E-state index in [9.17, 15) is 14.4 Å². The second-order valence-corrected chi connectivity index (χ2v) is 9.25. The van der Waals surface area contributed by atoms with Crippen LogP contribution in [0.15, 0.2) is 30.4 Å².